The van der Waals surface area contributed by atoms with Crippen molar-refractivity contribution in [1.82, 2.24) is 0 Å². The van der Waals surface area contributed by atoms with Gasteiger partial charge in [0.05, 0.1) is 12.8 Å². The Balaban J connectivity index is 2.22. The van der Waals surface area contributed by atoms with E-state index in [2.05, 4.69) is 5.16 Å². The van der Waals surface area contributed by atoms with Crippen LogP contribution in [0.15, 0.2) is 35.5 Å². The van der Waals surface area contributed by atoms with Gasteiger partial charge in [-0.3, -0.25) is 0 Å². The molecular weight excluding hydrogens is 244 g/mol. The summed E-state index contributed by atoms with van der Waals surface area (Å²) >= 11 is 0. The van der Waals surface area contributed by atoms with E-state index in [4.69, 9.17) is 15.3 Å². The third kappa shape index (κ3) is 2.76. The first-order valence-electron chi connectivity index (χ1n) is 6.20. The topological polar surface area (TPSA) is 73.9 Å². The number of ether oxygens (including phenoxy) is 1. The molecule has 0 spiro atoms. The first kappa shape index (κ1) is 13.5. The maximum Gasteiger partial charge on any atom is 0.353 e. The number of carbonyl (C=O) groups is 1. The molecule has 1 aliphatic rings. The molecule has 102 valence electrons. The fourth-order valence-corrected chi connectivity index (χ4v) is 2.14. The number of oxime groups is 1. The summed E-state index contributed by atoms with van der Waals surface area (Å²) in [5.74, 6) is -0.421. The average molecular weight is 262 g/mol. The zero-order chi connectivity index (χ0) is 13.9. The van der Waals surface area contributed by atoms with E-state index in [9.17, 15) is 4.79 Å². The fraction of sp³-hybridized carbons (Fsp3) is 0.429. The van der Waals surface area contributed by atoms with Crippen LogP contribution in [0.2, 0.25) is 0 Å². The Morgan fingerprint density at radius 1 is 1.53 bits per heavy atom. The number of esters is 1. The Labute approximate surface area is 112 Å². The Bertz CT molecular complexity index is 485. The number of hydrogen-bond acceptors (Lipinski definition) is 5. The van der Waals surface area contributed by atoms with Gasteiger partial charge in [0.15, 0.2) is 0 Å². The second-order valence-corrected chi connectivity index (χ2v) is 4.79. The summed E-state index contributed by atoms with van der Waals surface area (Å²) in [6.45, 7) is 1.82. The summed E-state index contributed by atoms with van der Waals surface area (Å²) in [7, 11) is 1.35. The minimum Gasteiger partial charge on any atom is -0.466 e. The highest BCUT2D eigenvalue weighted by Crippen LogP contribution is 2.30. The van der Waals surface area contributed by atoms with Crippen LogP contribution in [0, 0.1) is 0 Å². The van der Waals surface area contributed by atoms with Crippen LogP contribution < -0.4 is 5.73 Å². The molecule has 0 aromatic heterocycles. The Morgan fingerprint density at radius 3 is 2.74 bits per heavy atom. The van der Waals surface area contributed by atoms with Gasteiger partial charge in [0.2, 0.25) is 5.60 Å². The zero-order valence-electron chi connectivity index (χ0n) is 11.1. The molecule has 2 N–H and O–H groups in total. The highest BCUT2D eigenvalue weighted by atomic mass is 16.7. The summed E-state index contributed by atoms with van der Waals surface area (Å²) in [5.41, 5.74) is 6.38. The van der Waals surface area contributed by atoms with Crippen molar-refractivity contribution >= 4 is 11.7 Å². The van der Waals surface area contributed by atoms with Crippen LogP contribution in [-0.4, -0.2) is 30.4 Å². The molecule has 19 heavy (non-hydrogen) atoms. The number of rotatable bonds is 4. The fourth-order valence-electron chi connectivity index (χ4n) is 2.14. The zero-order valence-corrected chi connectivity index (χ0v) is 11.1. The van der Waals surface area contributed by atoms with Crippen LogP contribution in [0.5, 0.6) is 0 Å². The minimum absolute atomic E-state index is 0.234. The molecule has 5 heteroatoms. The summed E-state index contributed by atoms with van der Waals surface area (Å²) < 4.78 is 4.86. The van der Waals surface area contributed by atoms with Gasteiger partial charge in [0.1, 0.15) is 0 Å². The van der Waals surface area contributed by atoms with Crippen LogP contribution >= 0.6 is 0 Å². The summed E-state index contributed by atoms with van der Waals surface area (Å²) in [6.07, 6.45) is 0.784. The summed E-state index contributed by atoms with van der Waals surface area (Å²) in [5, 5.41) is 3.94. The maximum absolute atomic E-state index is 12.0. The molecule has 5 nitrogen and oxygen atoms in total. The number of methoxy groups -OCH3 is 1. The molecule has 0 aliphatic carbocycles. The molecule has 2 atom stereocenters. The molecule has 1 aromatic carbocycles. The van der Waals surface area contributed by atoms with E-state index in [0.717, 1.165) is 5.56 Å². The highest BCUT2D eigenvalue weighted by Gasteiger charge is 2.48. The predicted molar refractivity (Wildman–Crippen MR) is 71.7 cm³/mol. The van der Waals surface area contributed by atoms with Crippen LogP contribution in [0.25, 0.3) is 0 Å². The monoisotopic (exact) mass is 262 g/mol. The van der Waals surface area contributed by atoms with E-state index in [1.54, 1.807) is 0 Å². The van der Waals surface area contributed by atoms with Crippen LogP contribution in [0.1, 0.15) is 18.9 Å². The molecule has 2 unspecified atom stereocenters. The SMILES string of the molecule is COC(=O)C1(Cc2ccccc2)CC(C(C)N)=NO1. The number of benzene rings is 1. The molecule has 1 aromatic rings. The van der Waals surface area contributed by atoms with E-state index < -0.39 is 11.6 Å². The first-order valence-corrected chi connectivity index (χ1v) is 6.20. The van der Waals surface area contributed by atoms with Gasteiger partial charge in [-0.1, -0.05) is 35.5 Å². The number of hydrogen-bond donors (Lipinski definition) is 1. The lowest BCUT2D eigenvalue weighted by Crippen LogP contribution is -2.43. The molecule has 0 saturated heterocycles. The third-order valence-corrected chi connectivity index (χ3v) is 3.22. The number of carbonyl (C=O) groups excluding carboxylic acids is 1. The van der Waals surface area contributed by atoms with Crippen molar-refractivity contribution in [3.8, 4) is 0 Å². The van der Waals surface area contributed by atoms with Gasteiger partial charge in [-0.2, -0.15) is 0 Å². The lowest BCUT2D eigenvalue weighted by atomic mass is 9.88. The van der Waals surface area contributed by atoms with E-state index in [0.29, 0.717) is 18.6 Å². The lowest BCUT2D eigenvalue weighted by molar-refractivity contribution is -0.166. The molecular formula is C14H18N2O3. The van der Waals surface area contributed by atoms with E-state index in [1.165, 1.54) is 7.11 Å². The average Bonchev–Trinajstić information content (AvgIpc) is 2.84. The van der Waals surface area contributed by atoms with Crippen LogP contribution in [0.4, 0.5) is 0 Å². The van der Waals surface area contributed by atoms with Gasteiger partial charge in [0.25, 0.3) is 0 Å². The summed E-state index contributed by atoms with van der Waals surface area (Å²) in [4.78, 5) is 17.5. The van der Waals surface area contributed by atoms with Crippen LogP contribution in [0.3, 0.4) is 0 Å². The molecule has 1 heterocycles. The molecule has 0 saturated carbocycles. The largest absolute Gasteiger partial charge is 0.466 e. The molecule has 0 fully saturated rings. The van der Waals surface area contributed by atoms with Gasteiger partial charge in [-0.05, 0) is 12.5 Å². The Morgan fingerprint density at radius 2 is 2.21 bits per heavy atom. The molecule has 0 radical (unpaired) electrons. The maximum atomic E-state index is 12.0. The van der Waals surface area contributed by atoms with Crippen molar-refractivity contribution < 1.29 is 14.4 Å². The van der Waals surface area contributed by atoms with Gasteiger partial charge in [-0.25, -0.2) is 4.79 Å². The van der Waals surface area contributed by atoms with Gasteiger partial charge in [0, 0.05) is 18.9 Å². The van der Waals surface area contributed by atoms with Crippen molar-refractivity contribution in [2.75, 3.05) is 7.11 Å². The predicted octanol–water partition coefficient (Wildman–Crippen LogP) is 1.26. The van der Waals surface area contributed by atoms with Crippen molar-refractivity contribution in [2.24, 2.45) is 10.9 Å². The molecule has 1 aliphatic heterocycles. The Hall–Kier alpha value is -1.88. The highest BCUT2D eigenvalue weighted by molar-refractivity contribution is 5.96. The molecule has 2 rings (SSSR count). The first-order chi connectivity index (χ1) is 9.07. The minimum atomic E-state index is -1.08. The lowest BCUT2D eigenvalue weighted by Gasteiger charge is -2.23. The van der Waals surface area contributed by atoms with Crippen molar-refractivity contribution in [1.29, 1.82) is 0 Å². The standard InChI is InChI=1S/C14H18N2O3/c1-10(15)12-9-14(19-16-12,13(17)18-2)8-11-6-4-3-5-7-11/h3-7,10H,8-9,15H2,1-2H3. The van der Waals surface area contributed by atoms with E-state index >= 15 is 0 Å². The van der Waals surface area contributed by atoms with Gasteiger partial charge >= 0.3 is 5.97 Å². The molecule has 0 amide bonds. The quantitative estimate of drug-likeness (QED) is 0.829. The Kier molecular flexibility index (Phi) is 3.85. The second kappa shape index (κ2) is 5.40. The van der Waals surface area contributed by atoms with E-state index in [-0.39, 0.29) is 6.04 Å². The van der Waals surface area contributed by atoms with Crippen molar-refractivity contribution in [3.63, 3.8) is 0 Å². The second-order valence-electron chi connectivity index (χ2n) is 4.79. The van der Waals surface area contributed by atoms with Crippen molar-refractivity contribution in [3.05, 3.63) is 35.9 Å². The number of nitrogens with zero attached hydrogens (tertiary/aromatic N) is 1. The van der Waals surface area contributed by atoms with Gasteiger partial charge in [-0.15, -0.1) is 0 Å². The molecule has 0 bridgehead atoms. The summed E-state index contributed by atoms with van der Waals surface area (Å²) in [6, 6.07) is 9.41. The normalized spacial score (nSPS) is 23.4. The van der Waals surface area contributed by atoms with E-state index in [1.807, 2.05) is 37.3 Å². The van der Waals surface area contributed by atoms with Crippen molar-refractivity contribution in [2.45, 2.75) is 31.4 Å². The van der Waals surface area contributed by atoms with Gasteiger partial charge < -0.3 is 15.3 Å². The number of nitrogens with two attached hydrogens (primary N) is 1. The van der Waals surface area contributed by atoms with Crippen LogP contribution in [-0.2, 0) is 20.8 Å². The smallest absolute Gasteiger partial charge is 0.353 e. The third-order valence-electron chi connectivity index (χ3n) is 3.22.